The molecule has 2 rings (SSSR count). The van der Waals surface area contributed by atoms with Crippen molar-refractivity contribution in [1.82, 2.24) is 9.71 Å². The summed E-state index contributed by atoms with van der Waals surface area (Å²) in [5, 5.41) is 0. The molecular weight excluding hydrogens is 281 g/mol. The van der Waals surface area contributed by atoms with Gasteiger partial charge in [-0.2, -0.15) is 0 Å². The van der Waals surface area contributed by atoms with Crippen LogP contribution in [0.25, 0.3) is 0 Å². The van der Waals surface area contributed by atoms with Crippen LogP contribution in [0, 0.1) is 5.82 Å². The lowest BCUT2D eigenvalue weighted by Gasteiger charge is -2.07. The second kappa shape index (κ2) is 5.98. The predicted molar refractivity (Wildman–Crippen MR) is 73.9 cm³/mol. The molecule has 1 heterocycles. The first kappa shape index (κ1) is 14.4. The summed E-state index contributed by atoms with van der Waals surface area (Å²) in [6.07, 6.45) is 2.11. The van der Waals surface area contributed by atoms with Gasteiger partial charge in [0.2, 0.25) is 10.0 Å². The van der Waals surface area contributed by atoms with Crippen molar-refractivity contribution in [2.75, 3.05) is 12.3 Å². The molecule has 0 atom stereocenters. The lowest BCUT2D eigenvalue weighted by atomic mass is 10.3. The number of rotatable bonds is 5. The number of nitrogens with two attached hydrogens (primary N) is 1. The van der Waals surface area contributed by atoms with E-state index in [9.17, 15) is 12.8 Å². The lowest BCUT2D eigenvalue weighted by molar-refractivity contribution is 0.580. The Morgan fingerprint density at radius 1 is 1.25 bits per heavy atom. The molecule has 2 aromatic rings. The van der Waals surface area contributed by atoms with Gasteiger partial charge in [-0.3, -0.25) is 4.98 Å². The maximum absolute atomic E-state index is 13.0. The normalized spacial score (nSPS) is 11.4. The number of nitrogen functional groups attached to an aromatic ring is 1. The van der Waals surface area contributed by atoms with E-state index in [-0.39, 0.29) is 17.1 Å². The van der Waals surface area contributed by atoms with Crippen LogP contribution in [0.4, 0.5) is 10.1 Å². The van der Waals surface area contributed by atoms with Crippen molar-refractivity contribution in [3.63, 3.8) is 0 Å². The number of hydrogen-bond donors (Lipinski definition) is 2. The van der Waals surface area contributed by atoms with Gasteiger partial charge in [0, 0.05) is 24.9 Å². The van der Waals surface area contributed by atoms with Gasteiger partial charge in [-0.25, -0.2) is 17.5 Å². The van der Waals surface area contributed by atoms with E-state index < -0.39 is 15.8 Å². The van der Waals surface area contributed by atoms with E-state index in [0.29, 0.717) is 6.42 Å². The molecule has 5 nitrogen and oxygen atoms in total. The Balaban J connectivity index is 2.02. The topological polar surface area (TPSA) is 85.1 Å². The van der Waals surface area contributed by atoms with Gasteiger partial charge in [0.05, 0.1) is 10.6 Å². The predicted octanol–water partition coefficient (Wildman–Crippen LogP) is 1.32. The van der Waals surface area contributed by atoms with Crippen molar-refractivity contribution in [2.24, 2.45) is 0 Å². The van der Waals surface area contributed by atoms with Crippen LogP contribution in [-0.4, -0.2) is 19.9 Å². The molecule has 0 saturated heterocycles. The summed E-state index contributed by atoms with van der Waals surface area (Å²) in [5.74, 6) is -0.641. The molecule has 0 amide bonds. The fraction of sp³-hybridized carbons (Fsp3) is 0.154. The molecule has 0 aliphatic carbocycles. The quantitative estimate of drug-likeness (QED) is 0.815. The number of anilines is 1. The number of nitrogens with zero attached hydrogens (tertiary/aromatic N) is 1. The van der Waals surface area contributed by atoms with Gasteiger partial charge < -0.3 is 5.73 Å². The zero-order valence-electron chi connectivity index (χ0n) is 10.6. The van der Waals surface area contributed by atoms with Crippen molar-refractivity contribution >= 4 is 15.7 Å². The highest BCUT2D eigenvalue weighted by Crippen LogP contribution is 2.16. The van der Waals surface area contributed by atoms with E-state index >= 15 is 0 Å². The molecule has 0 fully saturated rings. The third-order valence-electron chi connectivity index (χ3n) is 2.68. The standard InChI is InChI=1S/C13H14FN3O2S/c14-12-5-4-11(9-13(12)15)20(18,19)17-8-6-10-3-1-2-7-16-10/h1-5,7,9,17H,6,8,15H2. The first-order valence-electron chi connectivity index (χ1n) is 5.93. The zero-order valence-corrected chi connectivity index (χ0v) is 11.4. The smallest absolute Gasteiger partial charge is 0.240 e. The van der Waals surface area contributed by atoms with Gasteiger partial charge >= 0.3 is 0 Å². The van der Waals surface area contributed by atoms with Crippen LogP contribution in [0.1, 0.15) is 5.69 Å². The van der Waals surface area contributed by atoms with E-state index in [1.165, 1.54) is 6.07 Å². The average Bonchev–Trinajstić information content (AvgIpc) is 2.43. The Hall–Kier alpha value is -1.99. The Kier molecular flexibility index (Phi) is 4.31. The minimum atomic E-state index is -3.69. The lowest BCUT2D eigenvalue weighted by Crippen LogP contribution is -2.26. The Morgan fingerprint density at radius 2 is 2.05 bits per heavy atom. The van der Waals surface area contributed by atoms with E-state index in [4.69, 9.17) is 5.73 Å². The van der Waals surface area contributed by atoms with Crippen molar-refractivity contribution in [2.45, 2.75) is 11.3 Å². The van der Waals surface area contributed by atoms with Gasteiger partial charge in [0.25, 0.3) is 0 Å². The van der Waals surface area contributed by atoms with Crippen LogP contribution in [0.3, 0.4) is 0 Å². The Labute approximate surface area is 116 Å². The number of benzene rings is 1. The second-order valence-corrected chi connectivity index (χ2v) is 5.92. The largest absolute Gasteiger partial charge is 0.396 e. The fourth-order valence-corrected chi connectivity index (χ4v) is 2.70. The molecule has 0 bridgehead atoms. The summed E-state index contributed by atoms with van der Waals surface area (Å²) in [6, 6.07) is 8.73. The molecule has 0 unspecified atom stereocenters. The van der Waals surface area contributed by atoms with Crippen LogP contribution >= 0.6 is 0 Å². The number of nitrogens with one attached hydrogen (secondary N) is 1. The third kappa shape index (κ3) is 3.52. The summed E-state index contributed by atoms with van der Waals surface area (Å²) < 4.78 is 39.4. The highest BCUT2D eigenvalue weighted by Gasteiger charge is 2.14. The number of halogens is 1. The van der Waals surface area contributed by atoms with Crippen LogP contribution in [0.5, 0.6) is 0 Å². The molecule has 0 spiro atoms. The van der Waals surface area contributed by atoms with Gasteiger partial charge in [0.1, 0.15) is 5.82 Å². The molecular formula is C13H14FN3O2S. The van der Waals surface area contributed by atoms with Crippen molar-refractivity contribution in [3.05, 3.63) is 54.1 Å². The molecule has 1 aromatic heterocycles. The van der Waals surface area contributed by atoms with Crippen LogP contribution < -0.4 is 10.5 Å². The molecule has 3 N–H and O–H groups in total. The van der Waals surface area contributed by atoms with Crippen molar-refractivity contribution < 1.29 is 12.8 Å². The Morgan fingerprint density at radius 3 is 2.70 bits per heavy atom. The summed E-state index contributed by atoms with van der Waals surface area (Å²) in [4.78, 5) is 4.03. The highest BCUT2D eigenvalue weighted by molar-refractivity contribution is 7.89. The first-order chi connectivity index (χ1) is 9.49. The van der Waals surface area contributed by atoms with Crippen LogP contribution in [-0.2, 0) is 16.4 Å². The number of pyridine rings is 1. The maximum atomic E-state index is 13.0. The number of aromatic nitrogens is 1. The van der Waals surface area contributed by atoms with Gasteiger partial charge in [0.15, 0.2) is 0 Å². The third-order valence-corrected chi connectivity index (χ3v) is 4.14. The SMILES string of the molecule is Nc1cc(S(=O)(=O)NCCc2ccccn2)ccc1F. The Bertz CT molecular complexity index is 690. The minimum Gasteiger partial charge on any atom is -0.396 e. The maximum Gasteiger partial charge on any atom is 0.240 e. The zero-order chi connectivity index (χ0) is 14.6. The van der Waals surface area contributed by atoms with Gasteiger partial charge in [-0.15, -0.1) is 0 Å². The molecule has 0 aliphatic heterocycles. The highest BCUT2D eigenvalue weighted by atomic mass is 32.2. The van der Waals surface area contributed by atoms with E-state index in [1.54, 1.807) is 12.3 Å². The van der Waals surface area contributed by atoms with Crippen molar-refractivity contribution in [1.29, 1.82) is 0 Å². The van der Waals surface area contributed by atoms with Crippen molar-refractivity contribution in [3.8, 4) is 0 Å². The van der Waals surface area contributed by atoms with Crippen LogP contribution in [0.15, 0.2) is 47.5 Å². The average molecular weight is 295 g/mol. The number of hydrogen-bond acceptors (Lipinski definition) is 4. The van der Waals surface area contributed by atoms with Gasteiger partial charge in [-0.1, -0.05) is 6.07 Å². The summed E-state index contributed by atoms with van der Waals surface area (Å²) in [6.45, 7) is 0.205. The summed E-state index contributed by atoms with van der Waals surface area (Å²) in [7, 11) is -3.69. The molecule has 1 aromatic carbocycles. The molecule has 20 heavy (non-hydrogen) atoms. The van der Waals surface area contributed by atoms with E-state index in [0.717, 1.165) is 17.8 Å². The monoisotopic (exact) mass is 295 g/mol. The fourth-order valence-electron chi connectivity index (χ4n) is 1.63. The van der Waals surface area contributed by atoms with E-state index in [2.05, 4.69) is 9.71 Å². The summed E-state index contributed by atoms with van der Waals surface area (Å²) >= 11 is 0. The molecule has 0 aliphatic rings. The second-order valence-electron chi connectivity index (χ2n) is 4.15. The van der Waals surface area contributed by atoms with E-state index in [1.807, 2.05) is 12.1 Å². The molecule has 7 heteroatoms. The molecule has 106 valence electrons. The molecule has 0 radical (unpaired) electrons. The number of sulfonamides is 1. The molecule has 0 saturated carbocycles. The minimum absolute atomic E-state index is 0.0579. The van der Waals surface area contributed by atoms with Gasteiger partial charge in [-0.05, 0) is 30.3 Å². The first-order valence-corrected chi connectivity index (χ1v) is 7.42. The summed E-state index contributed by atoms with van der Waals surface area (Å²) in [5.41, 5.74) is 5.95. The van der Waals surface area contributed by atoms with Crippen LogP contribution in [0.2, 0.25) is 0 Å².